The van der Waals surface area contributed by atoms with Gasteiger partial charge < -0.3 is 59.3 Å². The molecular formula is C49H58N6O20P3+. The number of nitrogens with zero attached hydrogens (tertiary/aromatic N) is 1. The van der Waals surface area contributed by atoms with E-state index in [4.69, 9.17) is 28.4 Å². The van der Waals surface area contributed by atoms with Crippen molar-refractivity contribution in [3.05, 3.63) is 127 Å². The van der Waals surface area contributed by atoms with Gasteiger partial charge in [0, 0.05) is 65.1 Å². The van der Waals surface area contributed by atoms with Crippen molar-refractivity contribution in [2.75, 3.05) is 51.3 Å². The highest BCUT2D eigenvalue weighted by Crippen LogP contribution is 2.66. The fourth-order valence-electron chi connectivity index (χ4n) is 8.12. The van der Waals surface area contributed by atoms with Gasteiger partial charge in [0.15, 0.2) is 0 Å². The lowest BCUT2D eigenvalue weighted by Crippen LogP contribution is -2.76. The zero-order valence-electron chi connectivity index (χ0n) is 42.5. The first-order chi connectivity index (χ1) is 36.9. The minimum absolute atomic E-state index is 0.0134. The third-order valence-corrected chi connectivity index (χ3v) is 15.3. The molecule has 1 saturated heterocycles. The first kappa shape index (κ1) is 60.4. The van der Waals surface area contributed by atoms with Crippen molar-refractivity contribution in [3.8, 4) is 34.3 Å². The summed E-state index contributed by atoms with van der Waals surface area (Å²) < 4.78 is 71.0. The molecule has 0 spiro atoms. The van der Waals surface area contributed by atoms with E-state index in [1.807, 2.05) is 52.0 Å². The lowest BCUT2D eigenvalue weighted by atomic mass is 9.88. The van der Waals surface area contributed by atoms with Crippen molar-refractivity contribution in [2.24, 2.45) is 0 Å². The lowest BCUT2D eigenvalue weighted by molar-refractivity contribution is -0.496. The van der Waals surface area contributed by atoms with E-state index >= 15 is 0 Å². The minimum atomic E-state index is -5.80. The second kappa shape index (κ2) is 26.7. The molecule has 26 nitrogen and oxygen atoms in total. The summed E-state index contributed by atoms with van der Waals surface area (Å²) in [4.78, 5) is 106. The molecule has 5 atom stereocenters. The van der Waals surface area contributed by atoms with Crippen molar-refractivity contribution in [1.29, 1.82) is 0 Å². The Bertz CT molecular complexity index is 3480. The van der Waals surface area contributed by atoms with Crippen LogP contribution in [0.4, 0.5) is 10.5 Å². The molecule has 10 N–H and O–H groups in total. The molecule has 1 aliphatic carbocycles. The molecule has 1 aromatic heterocycles. The maximum atomic E-state index is 13.5. The number of fused-ring (bicyclic) bond motifs is 2. The number of hydrogen-bond donors (Lipinski definition) is 10. The molecule has 3 heterocycles. The molecule has 0 saturated carbocycles. The summed E-state index contributed by atoms with van der Waals surface area (Å²) in [5.74, 6) is 4.06. The minimum Gasteiger partial charge on any atom is -0.478 e. The lowest BCUT2D eigenvalue weighted by Gasteiger charge is -2.21. The number of benzene rings is 3. The number of carbonyl (C=O) groups excluding carboxylic acids is 2. The van der Waals surface area contributed by atoms with Crippen molar-refractivity contribution >= 4 is 58.1 Å². The average Bonchev–Trinajstić information content (AvgIpc) is 3.77. The quantitative estimate of drug-likeness (QED) is 0.0138. The summed E-state index contributed by atoms with van der Waals surface area (Å²) in [5, 5.41) is 20.6. The highest BCUT2D eigenvalue weighted by molar-refractivity contribution is 7.66. The number of allylic oxidation sites excluding steroid dienone is 1. The SMILES string of the molecule is C=CCO[C@H]1C[C@H](n2cc(C#CCNC(=O)OC/C=C\CCCNC(=O)c3ccc(C(=O)O)c(-c4c5cc(C)c(=[NH+]CC)cc-5oc5cc(NCC)c(C)cc45)c3)c(=O)[nH]c2=O)O[C@@H]1COP(=O)(O)OP(=O)(O)OP(=O)(O)O. The number of ether oxygens (including phenoxy) is 3. The zero-order chi connectivity index (χ0) is 57.0. The second-order valence-electron chi connectivity index (χ2n) is 17.2. The predicted octanol–water partition coefficient (Wildman–Crippen LogP) is 3.85. The standard InChI is InChI=1S/C49H57N6O20P3/c1-6-19-69-41-26-43(73-42(41)28-71-77(65,66)75-78(67,68)74-76(62,63)64)55-27-32(46(57)54-48(55)60)14-13-18-53-49(61)70-20-12-10-9-11-17-52-45(56)31-15-16-33(47(58)59)34(23-31)44-35-21-29(4)37(50-7-2)24-39(35)72-40-25-38(51-8-3)30(5)22-36(40)44/h6,10,12,15-16,21-25,27,41-43,50H,1,7-9,11,17-20,26,28H2,2-5H3,(H,52,56)(H,53,61)(H,58,59)(H,65,66)(H,67,68)(H,54,57,60)(H2,62,63,64)/p+1/b12-10-,51-38?/t41-,42+,43+/m0/s1. The van der Waals surface area contributed by atoms with Gasteiger partial charge in [0.2, 0.25) is 5.36 Å². The number of aromatic amines is 1. The molecule has 0 radical (unpaired) electrons. The fourth-order valence-corrected chi connectivity index (χ4v) is 11.1. The summed E-state index contributed by atoms with van der Waals surface area (Å²) >= 11 is 0. The predicted molar refractivity (Wildman–Crippen MR) is 280 cm³/mol. The molecule has 3 aromatic rings. The Hall–Kier alpha value is -6.81. The van der Waals surface area contributed by atoms with Gasteiger partial charge in [0.25, 0.3) is 11.5 Å². The number of aryl methyl sites for hydroxylation is 2. The Morgan fingerprint density at radius 3 is 2.44 bits per heavy atom. The van der Waals surface area contributed by atoms with Gasteiger partial charge in [-0.15, -0.1) is 6.58 Å². The smallest absolute Gasteiger partial charge is 0.478 e. The van der Waals surface area contributed by atoms with Gasteiger partial charge in [0.1, 0.15) is 42.4 Å². The van der Waals surface area contributed by atoms with E-state index < -0.39 is 77.7 Å². The molecule has 0 bridgehead atoms. The van der Waals surface area contributed by atoms with Crippen LogP contribution < -0.4 is 37.5 Å². The molecule has 29 heteroatoms. The highest BCUT2D eigenvalue weighted by Gasteiger charge is 2.43. The molecule has 2 unspecified atom stereocenters. The third-order valence-electron chi connectivity index (χ3n) is 11.5. The van der Waals surface area contributed by atoms with Gasteiger partial charge in [-0.25, -0.2) is 33.1 Å². The number of carboxylic acids is 1. The Morgan fingerprint density at radius 2 is 1.73 bits per heavy atom. The number of alkyl carbamates (subject to hydrolysis) is 1. The second-order valence-corrected chi connectivity index (χ2v) is 21.6. The summed E-state index contributed by atoms with van der Waals surface area (Å²) in [6.45, 7) is 11.7. The van der Waals surface area contributed by atoms with Crippen LogP contribution in [-0.4, -0.2) is 110 Å². The van der Waals surface area contributed by atoms with Gasteiger partial charge in [-0.2, -0.15) is 8.62 Å². The number of phosphoric ester groups is 1. The maximum absolute atomic E-state index is 13.5. The number of carbonyl (C=O) groups is 3. The molecule has 3 aliphatic rings. The zero-order valence-corrected chi connectivity index (χ0v) is 45.2. The van der Waals surface area contributed by atoms with Crippen LogP contribution in [0, 0.1) is 25.7 Å². The molecule has 78 heavy (non-hydrogen) atoms. The Labute approximate surface area is 444 Å². The fraction of sp³-hybridized carbons (Fsp3) is 0.347. The number of aromatic carboxylic acids is 1. The molecule has 418 valence electrons. The first-order valence-electron chi connectivity index (χ1n) is 24.0. The Balaban J connectivity index is 1.01. The average molecular weight is 1140 g/mol. The van der Waals surface area contributed by atoms with Crippen LogP contribution in [0.5, 0.6) is 0 Å². The van der Waals surface area contributed by atoms with E-state index in [0.717, 1.165) is 32.9 Å². The van der Waals surface area contributed by atoms with Crippen LogP contribution in [0.15, 0.2) is 87.5 Å². The number of carboxylic acid groups (broad SMARTS) is 1. The van der Waals surface area contributed by atoms with Gasteiger partial charge in [-0.1, -0.05) is 30.1 Å². The van der Waals surface area contributed by atoms with E-state index in [0.29, 0.717) is 59.4 Å². The number of aromatic nitrogens is 2. The number of phosphoric acid groups is 3. The largest absolute Gasteiger partial charge is 0.490 e. The molecule has 2 amide bonds. The molecule has 1 fully saturated rings. The van der Waals surface area contributed by atoms with E-state index in [-0.39, 0.29) is 49.4 Å². The van der Waals surface area contributed by atoms with Crippen molar-refractivity contribution in [1.82, 2.24) is 20.2 Å². The van der Waals surface area contributed by atoms with Gasteiger partial charge in [0.05, 0.1) is 37.5 Å². The van der Waals surface area contributed by atoms with Crippen LogP contribution in [0.25, 0.3) is 33.4 Å². The molecule has 6 rings (SSSR count). The molecule has 2 aliphatic heterocycles. The van der Waals surface area contributed by atoms with Crippen LogP contribution in [0.1, 0.15) is 76.7 Å². The van der Waals surface area contributed by atoms with Gasteiger partial charge in [-0.3, -0.25) is 23.7 Å². The van der Waals surface area contributed by atoms with E-state index in [2.05, 4.69) is 57.5 Å². The topological polar surface area (TPSA) is 377 Å². The van der Waals surface area contributed by atoms with Crippen LogP contribution in [-0.2, 0) is 41.1 Å². The number of unbranched alkanes of at least 4 members (excludes halogenated alkanes) is 1. The van der Waals surface area contributed by atoms with Crippen molar-refractivity contribution in [3.63, 3.8) is 0 Å². The summed E-state index contributed by atoms with van der Waals surface area (Å²) in [5.41, 5.74) is 3.13. The number of amides is 2. The number of nitrogens with one attached hydrogen (secondary N) is 5. The van der Waals surface area contributed by atoms with Crippen LogP contribution in [0.2, 0.25) is 0 Å². The maximum Gasteiger partial charge on any atom is 0.490 e. The number of rotatable bonds is 24. The number of anilines is 1. The normalized spacial score (nSPS) is 17.3. The van der Waals surface area contributed by atoms with Crippen molar-refractivity contribution in [2.45, 2.75) is 65.4 Å². The van der Waals surface area contributed by atoms with E-state index in [1.165, 1.54) is 18.2 Å². The third kappa shape index (κ3) is 16.4. The molecular weight excluding hydrogens is 1090 g/mol. The number of hydrogen-bond acceptors (Lipinski definition) is 16. The monoisotopic (exact) mass is 1140 g/mol. The Kier molecular flexibility index (Phi) is 20.7. The van der Waals surface area contributed by atoms with Crippen LogP contribution in [0.3, 0.4) is 0 Å². The van der Waals surface area contributed by atoms with Crippen LogP contribution >= 0.6 is 23.5 Å². The molecule has 2 aromatic carbocycles. The summed E-state index contributed by atoms with van der Waals surface area (Å²) in [6, 6.07) is 12.2. The summed E-state index contributed by atoms with van der Waals surface area (Å²) in [7, 11) is -17.0. The van der Waals surface area contributed by atoms with Gasteiger partial charge >= 0.3 is 41.2 Å². The van der Waals surface area contributed by atoms with Gasteiger partial charge in [-0.05, 0) is 82.0 Å². The Morgan fingerprint density at radius 1 is 0.962 bits per heavy atom. The summed E-state index contributed by atoms with van der Waals surface area (Å²) in [6.07, 6.45) is 2.37. The number of H-pyrrole nitrogens is 1. The van der Waals surface area contributed by atoms with E-state index in [1.54, 1.807) is 18.2 Å². The van der Waals surface area contributed by atoms with Crippen molar-refractivity contribution < 1.29 is 89.5 Å². The highest BCUT2D eigenvalue weighted by atomic mass is 31.3. The van der Waals surface area contributed by atoms with E-state index in [9.17, 15) is 52.6 Å². The first-order valence-corrected chi connectivity index (χ1v) is 28.5.